The standard InChI is InChI=1S/C15H17NO3S/c1-12-7-9-14(10-8-12)20(18,19)16-15(11-17)13-5-3-2-4-6-13/h2-10,15-17H,11H2,1H3. The first-order valence-electron chi connectivity index (χ1n) is 6.28. The molecule has 0 aliphatic rings. The van der Waals surface area contributed by atoms with Crippen molar-refractivity contribution in [3.8, 4) is 0 Å². The summed E-state index contributed by atoms with van der Waals surface area (Å²) in [6.07, 6.45) is 0. The number of hydrogen-bond acceptors (Lipinski definition) is 3. The van der Waals surface area contributed by atoms with Crippen LogP contribution in [0.2, 0.25) is 0 Å². The average Bonchev–Trinajstić information content (AvgIpc) is 2.46. The number of sulfonamides is 1. The summed E-state index contributed by atoms with van der Waals surface area (Å²) < 4.78 is 27.0. The van der Waals surface area contributed by atoms with E-state index in [1.54, 1.807) is 48.5 Å². The fourth-order valence-electron chi connectivity index (χ4n) is 1.87. The molecule has 5 heteroatoms. The predicted molar refractivity (Wildman–Crippen MR) is 77.8 cm³/mol. The van der Waals surface area contributed by atoms with E-state index in [0.717, 1.165) is 11.1 Å². The summed E-state index contributed by atoms with van der Waals surface area (Å²) in [5, 5.41) is 9.41. The molecule has 0 radical (unpaired) electrons. The van der Waals surface area contributed by atoms with E-state index in [9.17, 15) is 13.5 Å². The van der Waals surface area contributed by atoms with Gasteiger partial charge in [-0.3, -0.25) is 0 Å². The molecule has 106 valence electrons. The topological polar surface area (TPSA) is 66.4 Å². The monoisotopic (exact) mass is 291 g/mol. The lowest BCUT2D eigenvalue weighted by atomic mass is 10.1. The van der Waals surface area contributed by atoms with Crippen LogP contribution in [0.15, 0.2) is 59.5 Å². The second kappa shape index (κ2) is 6.17. The molecule has 20 heavy (non-hydrogen) atoms. The number of aliphatic hydroxyl groups is 1. The number of benzene rings is 2. The highest BCUT2D eigenvalue weighted by atomic mass is 32.2. The van der Waals surface area contributed by atoms with Gasteiger partial charge in [-0.25, -0.2) is 13.1 Å². The van der Waals surface area contributed by atoms with E-state index in [-0.39, 0.29) is 11.5 Å². The second-order valence-electron chi connectivity index (χ2n) is 4.58. The summed E-state index contributed by atoms with van der Waals surface area (Å²) in [6, 6.07) is 14.9. The van der Waals surface area contributed by atoms with Gasteiger partial charge in [0.15, 0.2) is 0 Å². The molecule has 0 fully saturated rings. The van der Waals surface area contributed by atoms with Gasteiger partial charge in [0.1, 0.15) is 0 Å². The van der Waals surface area contributed by atoms with Gasteiger partial charge in [0, 0.05) is 0 Å². The molecule has 0 saturated heterocycles. The van der Waals surface area contributed by atoms with Crippen molar-refractivity contribution in [1.29, 1.82) is 0 Å². The van der Waals surface area contributed by atoms with Crippen molar-refractivity contribution in [2.24, 2.45) is 0 Å². The fraction of sp³-hybridized carbons (Fsp3) is 0.200. The first kappa shape index (κ1) is 14.7. The third-order valence-corrected chi connectivity index (χ3v) is 4.50. The molecule has 2 N–H and O–H groups in total. The maximum Gasteiger partial charge on any atom is 0.241 e. The largest absolute Gasteiger partial charge is 0.394 e. The molecule has 2 aromatic rings. The van der Waals surface area contributed by atoms with Crippen LogP contribution in [0.5, 0.6) is 0 Å². The van der Waals surface area contributed by atoms with Crippen molar-refractivity contribution in [3.63, 3.8) is 0 Å². The zero-order valence-electron chi connectivity index (χ0n) is 11.2. The van der Waals surface area contributed by atoms with Crippen LogP contribution in [0.25, 0.3) is 0 Å². The Kier molecular flexibility index (Phi) is 4.54. The first-order chi connectivity index (χ1) is 9.53. The zero-order chi connectivity index (χ0) is 14.6. The van der Waals surface area contributed by atoms with Crippen molar-refractivity contribution in [1.82, 2.24) is 4.72 Å². The Balaban J connectivity index is 2.24. The first-order valence-corrected chi connectivity index (χ1v) is 7.76. The van der Waals surface area contributed by atoms with Gasteiger partial charge in [-0.1, -0.05) is 48.0 Å². The Bertz CT molecular complexity index is 651. The molecule has 0 aliphatic carbocycles. The molecule has 2 aromatic carbocycles. The van der Waals surface area contributed by atoms with Crippen LogP contribution < -0.4 is 4.72 Å². The van der Waals surface area contributed by atoms with E-state index in [4.69, 9.17) is 0 Å². The number of aliphatic hydroxyl groups excluding tert-OH is 1. The highest BCUT2D eigenvalue weighted by Gasteiger charge is 2.20. The molecule has 0 bridgehead atoms. The summed E-state index contributed by atoms with van der Waals surface area (Å²) in [5.74, 6) is 0. The molecule has 0 saturated carbocycles. The van der Waals surface area contributed by atoms with Crippen LogP contribution in [0, 0.1) is 6.92 Å². The molecule has 2 rings (SSSR count). The predicted octanol–water partition coefficient (Wildman–Crippen LogP) is 2.01. The molecule has 4 nitrogen and oxygen atoms in total. The van der Waals surface area contributed by atoms with E-state index >= 15 is 0 Å². The molecule has 0 aliphatic heterocycles. The van der Waals surface area contributed by atoms with Crippen molar-refractivity contribution >= 4 is 10.0 Å². The third-order valence-electron chi connectivity index (χ3n) is 3.01. The summed E-state index contributed by atoms with van der Waals surface area (Å²) in [7, 11) is -3.65. The lowest BCUT2D eigenvalue weighted by Crippen LogP contribution is -2.30. The molecule has 1 unspecified atom stereocenters. The average molecular weight is 291 g/mol. The summed E-state index contributed by atoms with van der Waals surface area (Å²) in [4.78, 5) is 0.192. The van der Waals surface area contributed by atoms with Crippen molar-refractivity contribution in [2.45, 2.75) is 17.9 Å². The minimum atomic E-state index is -3.65. The zero-order valence-corrected chi connectivity index (χ0v) is 12.0. The molecule has 0 aromatic heterocycles. The van der Waals surface area contributed by atoms with Crippen LogP contribution in [0.3, 0.4) is 0 Å². The summed E-state index contributed by atoms with van der Waals surface area (Å²) >= 11 is 0. The Labute approximate surface area is 119 Å². The van der Waals surface area contributed by atoms with Gasteiger partial charge in [0.05, 0.1) is 17.5 Å². The maximum atomic E-state index is 12.3. The molecule has 0 amide bonds. The van der Waals surface area contributed by atoms with E-state index < -0.39 is 16.1 Å². The summed E-state index contributed by atoms with van der Waals surface area (Å²) in [6.45, 7) is 1.60. The van der Waals surface area contributed by atoms with Gasteiger partial charge in [-0.2, -0.15) is 0 Å². The number of hydrogen-bond donors (Lipinski definition) is 2. The highest BCUT2D eigenvalue weighted by Crippen LogP contribution is 2.17. The van der Waals surface area contributed by atoms with E-state index in [2.05, 4.69) is 4.72 Å². The number of nitrogens with one attached hydrogen (secondary N) is 1. The third kappa shape index (κ3) is 3.45. The quantitative estimate of drug-likeness (QED) is 0.885. The van der Waals surface area contributed by atoms with Crippen molar-refractivity contribution in [3.05, 3.63) is 65.7 Å². The molecule has 1 atom stereocenters. The van der Waals surface area contributed by atoms with Crippen LogP contribution in [-0.2, 0) is 10.0 Å². The lowest BCUT2D eigenvalue weighted by molar-refractivity contribution is 0.259. The Hall–Kier alpha value is -1.69. The number of rotatable bonds is 5. The number of aryl methyl sites for hydroxylation is 1. The van der Waals surface area contributed by atoms with E-state index in [1.165, 1.54) is 0 Å². The second-order valence-corrected chi connectivity index (χ2v) is 6.29. The minimum absolute atomic E-state index is 0.192. The molecular weight excluding hydrogens is 274 g/mol. The van der Waals surface area contributed by atoms with Gasteiger partial charge < -0.3 is 5.11 Å². The van der Waals surface area contributed by atoms with Crippen LogP contribution in [0.1, 0.15) is 17.2 Å². The molecule has 0 spiro atoms. The SMILES string of the molecule is Cc1ccc(S(=O)(=O)NC(CO)c2ccccc2)cc1. The lowest BCUT2D eigenvalue weighted by Gasteiger charge is -2.17. The smallest absolute Gasteiger partial charge is 0.241 e. The van der Waals surface area contributed by atoms with Crippen molar-refractivity contribution in [2.75, 3.05) is 6.61 Å². The van der Waals surface area contributed by atoms with Gasteiger partial charge in [0.25, 0.3) is 0 Å². The van der Waals surface area contributed by atoms with Crippen molar-refractivity contribution < 1.29 is 13.5 Å². The van der Waals surface area contributed by atoms with Crippen LogP contribution in [0.4, 0.5) is 0 Å². The normalized spacial score (nSPS) is 13.1. The maximum absolute atomic E-state index is 12.3. The van der Waals surface area contributed by atoms with Gasteiger partial charge in [0.2, 0.25) is 10.0 Å². The van der Waals surface area contributed by atoms with Crippen LogP contribution in [-0.4, -0.2) is 20.1 Å². The Morgan fingerprint density at radius 1 is 1.05 bits per heavy atom. The van der Waals surface area contributed by atoms with Gasteiger partial charge in [-0.05, 0) is 24.6 Å². The van der Waals surface area contributed by atoms with E-state index in [1.807, 2.05) is 13.0 Å². The fourth-order valence-corrected chi connectivity index (χ4v) is 3.08. The van der Waals surface area contributed by atoms with E-state index in [0.29, 0.717) is 0 Å². The Morgan fingerprint density at radius 3 is 2.20 bits per heavy atom. The van der Waals surface area contributed by atoms with Gasteiger partial charge >= 0.3 is 0 Å². The minimum Gasteiger partial charge on any atom is -0.394 e. The highest BCUT2D eigenvalue weighted by molar-refractivity contribution is 7.89. The summed E-state index contributed by atoms with van der Waals surface area (Å²) in [5.41, 5.74) is 1.72. The molecular formula is C15H17NO3S. The molecule has 0 heterocycles. The Morgan fingerprint density at radius 2 is 1.65 bits per heavy atom. The van der Waals surface area contributed by atoms with Gasteiger partial charge in [-0.15, -0.1) is 0 Å². The van der Waals surface area contributed by atoms with Crippen LogP contribution >= 0.6 is 0 Å².